The molecule has 0 aromatic heterocycles. The number of para-hydroxylation sites is 1. The zero-order valence-electron chi connectivity index (χ0n) is 21.0. The number of nitrogens with one attached hydrogen (secondary N) is 2. The van der Waals surface area contributed by atoms with Crippen LogP contribution < -0.4 is 10.6 Å². The number of rotatable bonds is 8. The minimum absolute atomic E-state index is 0.00523. The van der Waals surface area contributed by atoms with Crippen LogP contribution in [-0.4, -0.2) is 36.3 Å². The molecule has 0 saturated carbocycles. The van der Waals surface area contributed by atoms with E-state index in [1.54, 1.807) is 12.1 Å². The van der Waals surface area contributed by atoms with E-state index < -0.39 is 0 Å². The average Bonchev–Trinajstić information content (AvgIpc) is 2.94. The summed E-state index contributed by atoms with van der Waals surface area (Å²) in [5.74, 6) is -0.232. The van der Waals surface area contributed by atoms with E-state index in [4.69, 9.17) is 0 Å². The molecule has 0 unspecified atom stereocenters. The molecule has 5 heteroatoms. The van der Waals surface area contributed by atoms with Crippen LogP contribution in [0.2, 0.25) is 0 Å². The number of anilines is 1. The topological polar surface area (TPSA) is 61.4 Å². The molecule has 5 nitrogen and oxygen atoms in total. The summed E-state index contributed by atoms with van der Waals surface area (Å²) >= 11 is 0. The van der Waals surface area contributed by atoms with Gasteiger partial charge < -0.3 is 10.6 Å². The summed E-state index contributed by atoms with van der Waals surface area (Å²) in [5, 5.41) is 8.58. The standard InChI is InChI=1S/C32H33N3O2/c36-31(26-18-21-35(22-19-26)23-27-13-8-12-25-11-4-5-14-28(25)27)34-30-16-7-6-15-29(30)32(37)33-20-17-24-9-2-1-3-10-24/h1-16,26H,17-23H2,(H,33,37)(H,34,36). The Morgan fingerprint density at radius 3 is 2.32 bits per heavy atom. The Morgan fingerprint density at radius 2 is 1.49 bits per heavy atom. The minimum Gasteiger partial charge on any atom is -0.352 e. The third kappa shape index (κ3) is 6.25. The minimum atomic E-state index is -0.170. The first kappa shape index (κ1) is 24.7. The Balaban J connectivity index is 1.14. The van der Waals surface area contributed by atoms with Gasteiger partial charge in [0.05, 0.1) is 11.3 Å². The van der Waals surface area contributed by atoms with E-state index in [1.165, 1.54) is 21.9 Å². The summed E-state index contributed by atoms with van der Waals surface area (Å²) in [6.45, 7) is 3.19. The molecule has 1 fully saturated rings. The Morgan fingerprint density at radius 1 is 0.784 bits per heavy atom. The van der Waals surface area contributed by atoms with E-state index >= 15 is 0 Å². The molecule has 0 atom stereocenters. The number of carbonyl (C=O) groups is 2. The van der Waals surface area contributed by atoms with Gasteiger partial charge in [-0.15, -0.1) is 0 Å². The van der Waals surface area contributed by atoms with Gasteiger partial charge in [0, 0.05) is 19.0 Å². The van der Waals surface area contributed by atoms with Crippen molar-refractivity contribution in [2.45, 2.75) is 25.8 Å². The summed E-state index contributed by atoms with van der Waals surface area (Å²) in [4.78, 5) is 28.4. The molecule has 0 bridgehead atoms. The van der Waals surface area contributed by atoms with E-state index in [-0.39, 0.29) is 17.7 Å². The first-order valence-electron chi connectivity index (χ1n) is 13.1. The maximum Gasteiger partial charge on any atom is 0.253 e. The lowest BCUT2D eigenvalue weighted by atomic mass is 9.94. The fourth-order valence-corrected chi connectivity index (χ4v) is 5.11. The van der Waals surface area contributed by atoms with Crippen LogP contribution in [0.4, 0.5) is 5.69 Å². The van der Waals surface area contributed by atoms with Crippen molar-refractivity contribution >= 4 is 28.3 Å². The monoisotopic (exact) mass is 491 g/mol. The van der Waals surface area contributed by atoms with Crippen LogP contribution in [0.3, 0.4) is 0 Å². The average molecular weight is 492 g/mol. The normalized spacial score (nSPS) is 14.4. The molecule has 37 heavy (non-hydrogen) atoms. The summed E-state index contributed by atoms with van der Waals surface area (Å²) in [6, 6.07) is 32.3. The molecule has 2 N–H and O–H groups in total. The van der Waals surface area contributed by atoms with Crippen LogP contribution in [0.1, 0.15) is 34.3 Å². The van der Waals surface area contributed by atoms with Crippen LogP contribution in [0.25, 0.3) is 10.8 Å². The first-order chi connectivity index (χ1) is 18.2. The highest BCUT2D eigenvalue weighted by atomic mass is 16.2. The van der Waals surface area contributed by atoms with Gasteiger partial charge in [-0.1, -0.05) is 84.9 Å². The number of hydrogen-bond donors (Lipinski definition) is 2. The number of amides is 2. The van der Waals surface area contributed by atoms with Crippen molar-refractivity contribution in [3.8, 4) is 0 Å². The molecule has 1 aliphatic heterocycles. The van der Waals surface area contributed by atoms with Crippen molar-refractivity contribution in [1.29, 1.82) is 0 Å². The highest BCUT2D eigenvalue weighted by molar-refractivity contribution is 6.04. The summed E-state index contributed by atoms with van der Waals surface area (Å²) in [7, 11) is 0. The van der Waals surface area contributed by atoms with Crippen LogP contribution in [-0.2, 0) is 17.8 Å². The quantitative estimate of drug-likeness (QED) is 0.334. The van der Waals surface area contributed by atoms with Gasteiger partial charge >= 0.3 is 0 Å². The summed E-state index contributed by atoms with van der Waals surface area (Å²) < 4.78 is 0. The lowest BCUT2D eigenvalue weighted by Gasteiger charge is -2.31. The predicted molar refractivity (Wildman–Crippen MR) is 149 cm³/mol. The van der Waals surface area contributed by atoms with Gasteiger partial charge in [-0.3, -0.25) is 14.5 Å². The highest BCUT2D eigenvalue weighted by Gasteiger charge is 2.26. The molecule has 1 saturated heterocycles. The van der Waals surface area contributed by atoms with Crippen LogP contribution >= 0.6 is 0 Å². The molecule has 5 rings (SSSR count). The molecule has 2 amide bonds. The lowest BCUT2D eigenvalue weighted by molar-refractivity contribution is -0.121. The SMILES string of the molecule is O=C(NCCc1ccccc1)c1ccccc1NC(=O)C1CCN(Cc2cccc3ccccc23)CC1. The Labute approximate surface area is 218 Å². The third-order valence-electron chi connectivity index (χ3n) is 7.20. The maximum atomic E-state index is 13.1. The Hall–Kier alpha value is -3.96. The molecule has 188 valence electrons. The molecule has 4 aromatic rings. The zero-order chi connectivity index (χ0) is 25.5. The molecule has 1 aliphatic rings. The predicted octanol–water partition coefficient (Wildman–Crippen LogP) is 5.66. The van der Waals surface area contributed by atoms with Gasteiger partial charge in [0.15, 0.2) is 0 Å². The third-order valence-corrected chi connectivity index (χ3v) is 7.20. The van der Waals surface area contributed by atoms with Gasteiger partial charge in [-0.05, 0) is 66.4 Å². The Kier molecular flexibility index (Phi) is 7.92. The van der Waals surface area contributed by atoms with Crippen molar-refractivity contribution in [2.75, 3.05) is 25.0 Å². The molecular weight excluding hydrogens is 458 g/mol. The first-order valence-corrected chi connectivity index (χ1v) is 13.1. The lowest BCUT2D eigenvalue weighted by Crippen LogP contribution is -2.38. The number of carbonyl (C=O) groups excluding carboxylic acids is 2. The number of hydrogen-bond acceptors (Lipinski definition) is 3. The zero-order valence-corrected chi connectivity index (χ0v) is 21.0. The second-order valence-corrected chi connectivity index (χ2v) is 9.72. The maximum absolute atomic E-state index is 13.1. The highest BCUT2D eigenvalue weighted by Crippen LogP contribution is 2.25. The largest absolute Gasteiger partial charge is 0.352 e. The van der Waals surface area contributed by atoms with Gasteiger partial charge in [-0.2, -0.15) is 0 Å². The number of benzene rings is 4. The van der Waals surface area contributed by atoms with Gasteiger partial charge in [-0.25, -0.2) is 0 Å². The summed E-state index contributed by atoms with van der Waals surface area (Å²) in [6.07, 6.45) is 2.38. The summed E-state index contributed by atoms with van der Waals surface area (Å²) in [5.41, 5.74) is 3.57. The fourth-order valence-electron chi connectivity index (χ4n) is 5.11. The second-order valence-electron chi connectivity index (χ2n) is 9.72. The van der Waals surface area contributed by atoms with E-state index in [9.17, 15) is 9.59 Å². The van der Waals surface area contributed by atoms with Crippen molar-refractivity contribution in [1.82, 2.24) is 10.2 Å². The van der Waals surface area contributed by atoms with E-state index in [2.05, 4.69) is 58.0 Å². The number of nitrogens with zero attached hydrogens (tertiary/aromatic N) is 1. The van der Waals surface area contributed by atoms with E-state index in [0.717, 1.165) is 38.9 Å². The van der Waals surface area contributed by atoms with Crippen molar-refractivity contribution in [2.24, 2.45) is 5.92 Å². The smallest absolute Gasteiger partial charge is 0.253 e. The van der Waals surface area contributed by atoms with Gasteiger partial charge in [0.2, 0.25) is 5.91 Å². The van der Waals surface area contributed by atoms with Gasteiger partial charge in [0.25, 0.3) is 5.91 Å². The Bertz CT molecular complexity index is 1360. The van der Waals surface area contributed by atoms with Gasteiger partial charge in [0.1, 0.15) is 0 Å². The number of likely N-dealkylation sites (tertiary alicyclic amines) is 1. The van der Waals surface area contributed by atoms with Crippen LogP contribution in [0, 0.1) is 5.92 Å². The van der Waals surface area contributed by atoms with Crippen LogP contribution in [0.5, 0.6) is 0 Å². The number of piperidine rings is 1. The van der Waals surface area contributed by atoms with Crippen molar-refractivity contribution < 1.29 is 9.59 Å². The van der Waals surface area contributed by atoms with Crippen molar-refractivity contribution in [3.63, 3.8) is 0 Å². The molecule has 0 aliphatic carbocycles. The van der Waals surface area contributed by atoms with E-state index in [1.807, 2.05) is 42.5 Å². The van der Waals surface area contributed by atoms with Crippen LogP contribution in [0.15, 0.2) is 97.1 Å². The number of fused-ring (bicyclic) bond motifs is 1. The molecular formula is C32H33N3O2. The second kappa shape index (κ2) is 11.8. The van der Waals surface area contributed by atoms with E-state index in [0.29, 0.717) is 17.8 Å². The molecule has 1 heterocycles. The molecule has 4 aromatic carbocycles. The molecule has 0 spiro atoms. The van der Waals surface area contributed by atoms with Crippen molar-refractivity contribution in [3.05, 3.63) is 114 Å². The molecule has 0 radical (unpaired) electrons. The fraction of sp³-hybridized carbons (Fsp3) is 0.250.